The average molecular weight is 281 g/mol. The number of ether oxygens (including phenoxy) is 1. The second kappa shape index (κ2) is 5.53. The Balaban J connectivity index is 1.63. The predicted molar refractivity (Wildman–Crippen MR) is 78.8 cm³/mol. The van der Waals surface area contributed by atoms with Crippen LogP contribution < -0.4 is 5.32 Å². The zero-order valence-corrected chi connectivity index (χ0v) is 12.5. The summed E-state index contributed by atoms with van der Waals surface area (Å²) < 4.78 is 5.58. The third kappa shape index (κ3) is 2.79. The molecule has 3 aliphatic rings. The molecule has 2 N–H and O–H groups in total. The van der Waals surface area contributed by atoms with Crippen LogP contribution in [0.4, 0.5) is 0 Å². The molecule has 20 heavy (non-hydrogen) atoms. The molecule has 1 saturated carbocycles. The van der Waals surface area contributed by atoms with Crippen LogP contribution in [0.3, 0.4) is 0 Å². The zero-order valence-electron chi connectivity index (χ0n) is 12.5. The maximum Gasteiger partial charge on any atom is 0.194 e. The summed E-state index contributed by atoms with van der Waals surface area (Å²) in [4.78, 5) is 7.03. The van der Waals surface area contributed by atoms with Crippen LogP contribution >= 0.6 is 0 Å². The van der Waals surface area contributed by atoms with Gasteiger partial charge >= 0.3 is 0 Å². The highest BCUT2D eigenvalue weighted by Gasteiger charge is 2.42. The van der Waals surface area contributed by atoms with E-state index in [-0.39, 0.29) is 0 Å². The van der Waals surface area contributed by atoms with Gasteiger partial charge in [-0.2, -0.15) is 0 Å². The maximum absolute atomic E-state index is 10.2. The summed E-state index contributed by atoms with van der Waals surface area (Å²) in [5.41, 5.74) is -0.182. The van der Waals surface area contributed by atoms with Crippen LogP contribution in [0, 0.1) is 5.41 Å². The number of aliphatic imine (C=N–C) groups is 1. The smallest absolute Gasteiger partial charge is 0.194 e. The second-order valence-electron chi connectivity index (χ2n) is 6.72. The van der Waals surface area contributed by atoms with Crippen LogP contribution in [0.1, 0.15) is 39.0 Å². The first-order chi connectivity index (χ1) is 9.65. The van der Waals surface area contributed by atoms with Crippen molar-refractivity contribution >= 4 is 5.96 Å². The van der Waals surface area contributed by atoms with Gasteiger partial charge in [0.2, 0.25) is 0 Å². The number of nitrogens with zero attached hydrogens (tertiary/aromatic N) is 2. The molecule has 3 rings (SSSR count). The molecule has 0 aromatic rings. The van der Waals surface area contributed by atoms with Gasteiger partial charge in [-0.25, -0.2) is 0 Å². The molecule has 0 bridgehead atoms. The fraction of sp³-hybridized carbons (Fsp3) is 0.933. The fourth-order valence-electron chi connectivity index (χ4n) is 3.48. The van der Waals surface area contributed by atoms with Crippen molar-refractivity contribution in [2.24, 2.45) is 10.4 Å². The molecule has 2 heterocycles. The lowest BCUT2D eigenvalue weighted by Gasteiger charge is -2.35. The minimum Gasteiger partial charge on any atom is -0.388 e. The van der Waals surface area contributed by atoms with Gasteiger partial charge in [-0.15, -0.1) is 0 Å². The Labute approximate surface area is 121 Å². The van der Waals surface area contributed by atoms with E-state index in [1.807, 2.05) is 0 Å². The lowest BCUT2D eigenvalue weighted by Crippen LogP contribution is -2.44. The first-order valence-corrected chi connectivity index (χ1v) is 7.98. The van der Waals surface area contributed by atoms with E-state index >= 15 is 0 Å². The second-order valence-corrected chi connectivity index (χ2v) is 6.72. The molecule has 1 aliphatic carbocycles. The summed E-state index contributed by atoms with van der Waals surface area (Å²) in [6.07, 6.45) is 5.29. The third-order valence-corrected chi connectivity index (χ3v) is 5.07. The minimum atomic E-state index is -0.533. The maximum atomic E-state index is 10.2. The Hall–Kier alpha value is -0.810. The van der Waals surface area contributed by atoms with Crippen LogP contribution in [-0.2, 0) is 4.74 Å². The van der Waals surface area contributed by atoms with E-state index in [2.05, 4.69) is 22.1 Å². The molecule has 0 aromatic heterocycles. The van der Waals surface area contributed by atoms with Gasteiger partial charge in [0, 0.05) is 31.7 Å². The van der Waals surface area contributed by atoms with Gasteiger partial charge in [-0.3, -0.25) is 4.99 Å². The summed E-state index contributed by atoms with van der Waals surface area (Å²) in [5.74, 6) is 0.969. The number of hydrogen-bond donors (Lipinski definition) is 2. The van der Waals surface area contributed by atoms with Crippen molar-refractivity contribution in [3.05, 3.63) is 0 Å². The highest BCUT2D eigenvalue weighted by Crippen LogP contribution is 2.38. The molecular formula is C15H27N3O2. The molecule has 3 fully saturated rings. The first-order valence-electron chi connectivity index (χ1n) is 7.98. The van der Waals surface area contributed by atoms with E-state index in [1.54, 1.807) is 0 Å². The van der Waals surface area contributed by atoms with Gasteiger partial charge in [0.1, 0.15) is 0 Å². The number of rotatable bonds is 3. The zero-order chi connectivity index (χ0) is 14.1. The van der Waals surface area contributed by atoms with Gasteiger partial charge in [-0.05, 0) is 39.0 Å². The van der Waals surface area contributed by atoms with Crippen molar-refractivity contribution < 1.29 is 9.84 Å². The van der Waals surface area contributed by atoms with Crippen LogP contribution in [0.5, 0.6) is 0 Å². The van der Waals surface area contributed by atoms with Crippen molar-refractivity contribution in [1.29, 1.82) is 0 Å². The molecule has 1 spiro atoms. The van der Waals surface area contributed by atoms with Crippen LogP contribution in [0.25, 0.3) is 0 Å². The monoisotopic (exact) mass is 281 g/mol. The molecular weight excluding hydrogens is 254 g/mol. The fourth-order valence-corrected chi connectivity index (χ4v) is 3.48. The Bertz CT molecular complexity index is 373. The summed E-state index contributed by atoms with van der Waals surface area (Å²) in [6, 6.07) is 0. The SMILES string of the molecule is CCNC(=NCC1(O)CCC1)N1CCC2(CCOC2)C1. The summed E-state index contributed by atoms with van der Waals surface area (Å²) in [5, 5.41) is 13.6. The largest absolute Gasteiger partial charge is 0.388 e. The molecule has 5 heteroatoms. The quantitative estimate of drug-likeness (QED) is 0.598. The number of hydrogen-bond acceptors (Lipinski definition) is 3. The van der Waals surface area contributed by atoms with Crippen molar-refractivity contribution in [2.45, 2.75) is 44.6 Å². The van der Waals surface area contributed by atoms with E-state index in [9.17, 15) is 5.11 Å². The molecule has 5 nitrogen and oxygen atoms in total. The Morgan fingerprint density at radius 2 is 2.20 bits per heavy atom. The lowest BCUT2D eigenvalue weighted by molar-refractivity contribution is -0.0237. The Morgan fingerprint density at radius 3 is 2.80 bits per heavy atom. The highest BCUT2D eigenvalue weighted by molar-refractivity contribution is 5.80. The van der Waals surface area contributed by atoms with E-state index in [1.165, 1.54) is 12.8 Å². The van der Waals surface area contributed by atoms with Crippen molar-refractivity contribution in [3.8, 4) is 0 Å². The average Bonchev–Trinajstić information content (AvgIpc) is 3.03. The molecule has 0 radical (unpaired) electrons. The topological polar surface area (TPSA) is 57.1 Å². The predicted octanol–water partition coefficient (Wildman–Crippen LogP) is 0.979. The van der Waals surface area contributed by atoms with Crippen LogP contribution in [0.2, 0.25) is 0 Å². The number of guanidine groups is 1. The molecule has 1 atom stereocenters. The van der Waals surface area contributed by atoms with E-state index in [4.69, 9.17) is 4.74 Å². The normalized spacial score (nSPS) is 32.7. The standard InChI is InChI=1S/C15H27N3O2/c1-2-16-13(17-10-15(19)4-3-5-15)18-8-6-14(11-18)7-9-20-12-14/h19H,2-12H2,1H3,(H,16,17). The van der Waals surface area contributed by atoms with E-state index in [0.29, 0.717) is 12.0 Å². The summed E-state index contributed by atoms with van der Waals surface area (Å²) in [6.45, 7) is 7.39. The van der Waals surface area contributed by atoms with Crippen molar-refractivity contribution in [1.82, 2.24) is 10.2 Å². The summed E-state index contributed by atoms with van der Waals surface area (Å²) in [7, 11) is 0. The number of likely N-dealkylation sites (tertiary alicyclic amines) is 1. The van der Waals surface area contributed by atoms with Crippen LogP contribution in [0.15, 0.2) is 4.99 Å². The molecule has 0 aromatic carbocycles. The number of nitrogens with one attached hydrogen (secondary N) is 1. The van der Waals surface area contributed by atoms with Gasteiger partial charge in [0.15, 0.2) is 5.96 Å². The highest BCUT2D eigenvalue weighted by atomic mass is 16.5. The van der Waals surface area contributed by atoms with Crippen molar-refractivity contribution in [3.63, 3.8) is 0 Å². The molecule has 114 valence electrons. The van der Waals surface area contributed by atoms with Crippen LogP contribution in [-0.4, -0.2) is 61.0 Å². The van der Waals surface area contributed by atoms with Crippen molar-refractivity contribution in [2.75, 3.05) is 39.4 Å². The third-order valence-electron chi connectivity index (χ3n) is 5.07. The molecule has 2 aliphatic heterocycles. The van der Waals surface area contributed by atoms with Gasteiger partial charge in [0.25, 0.3) is 0 Å². The van der Waals surface area contributed by atoms with Gasteiger partial charge in [-0.1, -0.05) is 0 Å². The van der Waals surface area contributed by atoms with Gasteiger partial charge < -0.3 is 20.1 Å². The van der Waals surface area contributed by atoms with E-state index < -0.39 is 5.60 Å². The Morgan fingerprint density at radius 1 is 1.35 bits per heavy atom. The molecule has 1 unspecified atom stereocenters. The first kappa shape index (κ1) is 14.1. The van der Waals surface area contributed by atoms with Gasteiger partial charge in [0.05, 0.1) is 18.8 Å². The lowest BCUT2D eigenvalue weighted by atomic mass is 9.80. The Kier molecular flexibility index (Phi) is 3.91. The van der Waals surface area contributed by atoms with E-state index in [0.717, 1.165) is 58.1 Å². The summed E-state index contributed by atoms with van der Waals surface area (Å²) >= 11 is 0. The molecule has 0 amide bonds. The number of aliphatic hydroxyl groups is 1. The minimum absolute atomic E-state index is 0.351. The molecule has 2 saturated heterocycles.